The molecule has 1 fully saturated rings. The number of amides is 1. The van der Waals surface area contributed by atoms with Gasteiger partial charge in [-0.2, -0.15) is 0 Å². The van der Waals surface area contributed by atoms with E-state index in [1.165, 1.54) is 18.5 Å². The lowest BCUT2D eigenvalue weighted by Crippen LogP contribution is -2.48. The first kappa shape index (κ1) is 16.5. The Labute approximate surface area is 133 Å². The Bertz CT molecular complexity index is 662. The predicted octanol–water partition coefficient (Wildman–Crippen LogP) is 2.33. The fourth-order valence-corrected chi connectivity index (χ4v) is 2.61. The number of carbonyl (C=O) groups is 1. The molecule has 22 heavy (non-hydrogen) atoms. The van der Waals surface area contributed by atoms with Crippen LogP contribution in [0.3, 0.4) is 0 Å². The third-order valence-electron chi connectivity index (χ3n) is 3.69. The van der Waals surface area contributed by atoms with Gasteiger partial charge in [0.15, 0.2) is 12.1 Å². The number of oxazole rings is 1. The summed E-state index contributed by atoms with van der Waals surface area (Å²) in [5.41, 5.74) is 1.09. The van der Waals surface area contributed by atoms with Crippen LogP contribution in [-0.4, -0.2) is 35.4 Å². The largest absolute Gasteiger partial charge is 0.448 e. The van der Waals surface area contributed by atoms with Crippen molar-refractivity contribution in [2.24, 2.45) is 0 Å². The van der Waals surface area contributed by atoms with Gasteiger partial charge in [0.05, 0.1) is 6.04 Å². The molecule has 0 bridgehead atoms. The summed E-state index contributed by atoms with van der Waals surface area (Å²) < 4.78 is 18.5. The minimum Gasteiger partial charge on any atom is -0.448 e. The van der Waals surface area contributed by atoms with Crippen molar-refractivity contribution in [1.29, 1.82) is 0 Å². The minimum absolute atomic E-state index is 0. The predicted molar refractivity (Wildman–Crippen MR) is 81.5 cm³/mol. The molecule has 118 valence electrons. The Morgan fingerprint density at radius 3 is 3.00 bits per heavy atom. The molecule has 2 heterocycles. The van der Waals surface area contributed by atoms with E-state index in [-0.39, 0.29) is 30.2 Å². The van der Waals surface area contributed by atoms with Crippen LogP contribution in [0.4, 0.5) is 4.39 Å². The summed E-state index contributed by atoms with van der Waals surface area (Å²) in [5.74, 6) is 0.0108. The molecule has 1 unspecified atom stereocenters. The minimum atomic E-state index is -0.303. The van der Waals surface area contributed by atoms with Crippen molar-refractivity contribution in [3.05, 3.63) is 53.5 Å². The summed E-state index contributed by atoms with van der Waals surface area (Å²) in [7, 11) is 0. The number of hydrogen-bond acceptors (Lipinski definition) is 4. The SMILES string of the molecule is Cc1ocnc1C(=O)N1CCNCC1c1cccc(F)c1.Cl. The first-order valence-electron chi connectivity index (χ1n) is 6.84. The average molecular weight is 326 g/mol. The van der Waals surface area contributed by atoms with E-state index in [2.05, 4.69) is 10.3 Å². The molecule has 1 aliphatic heterocycles. The molecule has 1 aromatic heterocycles. The number of nitrogens with one attached hydrogen (secondary N) is 1. The van der Waals surface area contributed by atoms with E-state index in [9.17, 15) is 9.18 Å². The van der Waals surface area contributed by atoms with E-state index in [0.717, 1.165) is 5.56 Å². The van der Waals surface area contributed by atoms with E-state index in [0.29, 0.717) is 31.1 Å². The number of aryl methyl sites for hydroxylation is 1. The van der Waals surface area contributed by atoms with E-state index in [1.54, 1.807) is 17.9 Å². The molecule has 5 nitrogen and oxygen atoms in total. The van der Waals surface area contributed by atoms with Gasteiger partial charge in [-0.15, -0.1) is 12.4 Å². The lowest BCUT2D eigenvalue weighted by molar-refractivity contribution is 0.0626. The van der Waals surface area contributed by atoms with E-state index in [4.69, 9.17) is 4.42 Å². The van der Waals surface area contributed by atoms with E-state index < -0.39 is 0 Å². The number of hydrogen-bond donors (Lipinski definition) is 1. The summed E-state index contributed by atoms with van der Waals surface area (Å²) >= 11 is 0. The topological polar surface area (TPSA) is 58.4 Å². The second-order valence-corrected chi connectivity index (χ2v) is 5.03. The maximum atomic E-state index is 13.4. The number of nitrogens with zero attached hydrogens (tertiary/aromatic N) is 2. The number of piperazine rings is 1. The second kappa shape index (κ2) is 6.89. The van der Waals surface area contributed by atoms with Gasteiger partial charge >= 0.3 is 0 Å². The van der Waals surface area contributed by atoms with Crippen molar-refractivity contribution in [3.63, 3.8) is 0 Å². The third-order valence-corrected chi connectivity index (χ3v) is 3.69. The van der Waals surface area contributed by atoms with E-state index in [1.807, 2.05) is 6.07 Å². The fourth-order valence-electron chi connectivity index (χ4n) is 2.61. The van der Waals surface area contributed by atoms with Crippen LogP contribution in [0.25, 0.3) is 0 Å². The highest BCUT2D eigenvalue weighted by molar-refractivity contribution is 5.93. The van der Waals surface area contributed by atoms with Gasteiger partial charge < -0.3 is 14.6 Å². The van der Waals surface area contributed by atoms with Gasteiger partial charge in [-0.1, -0.05) is 12.1 Å². The summed E-state index contributed by atoms with van der Waals surface area (Å²) in [6, 6.07) is 6.14. The quantitative estimate of drug-likeness (QED) is 0.920. The maximum Gasteiger partial charge on any atom is 0.276 e. The highest BCUT2D eigenvalue weighted by Crippen LogP contribution is 2.25. The monoisotopic (exact) mass is 325 g/mol. The molecule has 3 rings (SSSR count). The smallest absolute Gasteiger partial charge is 0.276 e. The van der Waals surface area contributed by atoms with Crippen LogP contribution >= 0.6 is 12.4 Å². The molecule has 2 aromatic rings. The van der Waals surface area contributed by atoms with Gasteiger partial charge in [0.25, 0.3) is 5.91 Å². The molecule has 1 N–H and O–H groups in total. The number of rotatable bonds is 2. The maximum absolute atomic E-state index is 13.4. The lowest BCUT2D eigenvalue weighted by Gasteiger charge is -2.36. The summed E-state index contributed by atoms with van der Waals surface area (Å²) in [4.78, 5) is 18.3. The molecule has 0 radical (unpaired) electrons. The third kappa shape index (κ3) is 3.13. The number of aromatic nitrogens is 1. The first-order chi connectivity index (χ1) is 10.2. The molecule has 1 atom stereocenters. The number of carbonyl (C=O) groups excluding carboxylic acids is 1. The Kier molecular flexibility index (Phi) is 5.15. The second-order valence-electron chi connectivity index (χ2n) is 5.03. The molecule has 1 saturated heterocycles. The van der Waals surface area contributed by atoms with Crippen LogP contribution in [0, 0.1) is 12.7 Å². The molecule has 0 aliphatic carbocycles. The Hall–Kier alpha value is -1.92. The first-order valence-corrected chi connectivity index (χ1v) is 6.84. The van der Waals surface area contributed by atoms with Crippen LogP contribution < -0.4 is 5.32 Å². The van der Waals surface area contributed by atoms with Crippen molar-refractivity contribution in [2.45, 2.75) is 13.0 Å². The summed E-state index contributed by atoms with van der Waals surface area (Å²) in [6.45, 7) is 3.55. The van der Waals surface area contributed by atoms with Crippen molar-refractivity contribution < 1.29 is 13.6 Å². The van der Waals surface area contributed by atoms with Gasteiger partial charge in [-0.25, -0.2) is 9.37 Å². The zero-order valence-electron chi connectivity index (χ0n) is 12.1. The van der Waals surface area contributed by atoms with Gasteiger partial charge in [0.2, 0.25) is 0 Å². The highest BCUT2D eigenvalue weighted by atomic mass is 35.5. The standard InChI is InChI=1S/C15H16FN3O2.ClH/c1-10-14(18-9-21-10)15(20)19-6-5-17-8-13(19)11-3-2-4-12(16)7-11;/h2-4,7,9,13,17H,5-6,8H2,1H3;1H. The van der Waals surface area contributed by atoms with Crippen LogP contribution in [0.2, 0.25) is 0 Å². The van der Waals surface area contributed by atoms with Gasteiger partial charge in [0.1, 0.15) is 11.6 Å². The highest BCUT2D eigenvalue weighted by Gasteiger charge is 2.31. The lowest BCUT2D eigenvalue weighted by atomic mass is 10.0. The molecular formula is C15H17ClFN3O2. The fraction of sp³-hybridized carbons (Fsp3) is 0.333. The van der Waals surface area contributed by atoms with Crippen molar-refractivity contribution in [3.8, 4) is 0 Å². The zero-order valence-corrected chi connectivity index (χ0v) is 12.9. The van der Waals surface area contributed by atoms with Crippen molar-refractivity contribution in [1.82, 2.24) is 15.2 Å². The molecule has 0 saturated carbocycles. The van der Waals surface area contributed by atoms with E-state index >= 15 is 0 Å². The normalized spacial score (nSPS) is 17.9. The number of halogens is 2. The molecule has 1 aromatic carbocycles. The van der Waals surface area contributed by atoms with Crippen LogP contribution in [0.15, 0.2) is 35.1 Å². The van der Waals surface area contributed by atoms with Gasteiger partial charge in [-0.3, -0.25) is 4.79 Å². The Morgan fingerprint density at radius 2 is 2.32 bits per heavy atom. The molecule has 7 heteroatoms. The van der Waals surface area contributed by atoms with Gasteiger partial charge in [-0.05, 0) is 24.6 Å². The van der Waals surface area contributed by atoms with Crippen LogP contribution in [0.5, 0.6) is 0 Å². The Morgan fingerprint density at radius 1 is 1.50 bits per heavy atom. The zero-order chi connectivity index (χ0) is 14.8. The average Bonchev–Trinajstić information content (AvgIpc) is 2.93. The van der Waals surface area contributed by atoms with Crippen molar-refractivity contribution in [2.75, 3.05) is 19.6 Å². The van der Waals surface area contributed by atoms with Crippen LogP contribution in [-0.2, 0) is 0 Å². The summed E-state index contributed by atoms with van der Waals surface area (Å²) in [6.07, 6.45) is 1.27. The molecule has 1 aliphatic rings. The molecule has 0 spiro atoms. The Balaban J connectivity index is 0.00000176. The van der Waals surface area contributed by atoms with Gasteiger partial charge in [0, 0.05) is 19.6 Å². The number of benzene rings is 1. The van der Waals surface area contributed by atoms with Crippen LogP contribution in [0.1, 0.15) is 27.9 Å². The van der Waals surface area contributed by atoms with Crippen molar-refractivity contribution >= 4 is 18.3 Å². The molecule has 1 amide bonds. The summed E-state index contributed by atoms with van der Waals surface area (Å²) in [5, 5.41) is 3.24. The molecular weight excluding hydrogens is 309 g/mol.